The number of likely N-dealkylation sites (N-methyl/N-ethyl adjacent to an activating group) is 1. The maximum atomic E-state index is 13.1. The van der Waals surface area contributed by atoms with Crippen LogP contribution in [0.1, 0.15) is 25.3 Å². The molecule has 2 N–H and O–H groups in total. The van der Waals surface area contributed by atoms with Crippen LogP contribution in [-0.4, -0.2) is 55.6 Å². The van der Waals surface area contributed by atoms with Gasteiger partial charge in [-0.25, -0.2) is 0 Å². The standard InChI is InChI=1S/C18H24F3N3O3/c1-3-24(16(26)17(27-2)8-10-22-11-9-17)12-15(25)23-14-7-5-4-6-13(14)18(19,20)21/h4-7,22H,3,8-12H2,1-2H3,(H,23,25). The number of nitrogens with one attached hydrogen (secondary N) is 2. The highest BCUT2D eigenvalue weighted by Crippen LogP contribution is 2.34. The lowest BCUT2D eigenvalue weighted by atomic mass is 9.90. The molecule has 1 saturated heterocycles. The van der Waals surface area contributed by atoms with E-state index in [0.29, 0.717) is 25.9 Å². The Balaban J connectivity index is 2.11. The van der Waals surface area contributed by atoms with Crippen LogP contribution in [0.5, 0.6) is 0 Å². The van der Waals surface area contributed by atoms with E-state index in [1.165, 1.54) is 30.2 Å². The maximum absolute atomic E-state index is 13.1. The molecule has 2 rings (SSSR count). The molecule has 0 unspecified atom stereocenters. The highest BCUT2D eigenvalue weighted by atomic mass is 19.4. The van der Waals surface area contributed by atoms with Crippen molar-refractivity contribution in [2.45, 2.75) is 31.5 Å². The SMILES string of the molecule is CCN(CC(=O)Nc1ccccc1C(F)(F)F)C(=O)C1(OC)CCNCC1. The summed E-state index contributed by atoms with van der Waals surface area (Å²) in [7, 11) is 1.46. The molecule has 1 aromatic carbocycles. The van der Waals surface area contributed by atoms with E-state index >= 15 is 0 Å². The van der Waals surface area contributed by atoms with Crippen molar-refractivity contribution in [3.63, 3.8) is 0 Å². The Morgan fingerprint density at radius 1 is 1.26 bits per heavy atom. The molecule has 0 aromatic heterocycles. The molecule has 1 aromatic rings. The summed E-state index contributed by atoms with van der Waals surface area (Å²) < 4.78 is 44.6. The fraction of sp³-hybridized carbons (Fsp3) is 0.556. The smallest absolute Gasteiger partial charge is 0.368 e. The number of methoxy groups -OCH3 is 1. The van der Waals surface area contributed by atoms with Crippen LogP contribution in [0.2, 0.25) is 0 Å². The molecule has 1 heterocycles. The van der Waals surface area contributed by atoms with Crippen molar-refractivity contribution >= 4 is 17.5 Å². The second kappa shape index (κ2) is 8.71. The summed E-state index contributed by atoms with van der Waals surface area (Å²) in [5.74, 6) is -1.02. The Morgan fingerprint density at radius 2 is 1.89 bits per heavy atom. The van der Waals surface area contributed by atoms with Crippen molar-refractivity contribution in [3.05, 3.63) is 29.8 Å². The molecule has 1 aliphatic rings. The number of alkyl halides is 3. The first-order valence-electron chi connectivity index (χ1n) is 8.75. The summed E-state index contributed by atoms with van der Waals surface area (Å²) >= 11 is 0. The lowest BCUT2D eigenvalue weighted by Gasteiger charge is -2.38. The number of nitrogens with zero attached hydrogens (tertiary/aromatic N) is 1. The van der Waals surface area contributed by atoms with Crippen LogP contribution in [0.15, 0.2) is 24.3 Å². The van der Waals surface area contributed by atoms with Gasteiger partial charge in [-0.1, -0.05) is 12.1 Å². The van der Waals surface area contributed by atoms with Gasteiger partial charge in [0.1, 0.15) is 5.60 Å². The molecule has 0 radical (unpaired) electrons. The van der Waals surface area contributed by atoms with Gasteiger partial charge in [-0.3, -0.25) is 9.59 Å². The number of para-hydroxylation sites is 1. The number of benzene rings is 1. The lowest BCUT2D eigenvalue weighted by molar-refractivity contribution is -0.159. The van der Waals surface area contributed by atoms with Crippen molar-refractivity contribution < 1.29 is 27.5 Å². The minimum atomic E-state index is -4.58. The summed E-state index contributed by atoms with van der Waals surface area (Å²) in [6, 6.07) is 4.73. The first-order chi connectivity index (χ1) is 12.7. The third kappa shape index (κ3) is 4.98. The summed E-state index contributed by atoms with van der Waals surface area (Å²) in [4.78, 5) is 26.5. The summed E-state index contributed by atoms with van der Waals surface area (Å²) in [6.07, 6.45) is -3.64. The number of carbonyl (C=O) groups is 2. The number of piperidine rings is 1. The lowest BCUT2D eigenvalue weighted by Crippen LogP contribution is -2.56. The molecular weight excluding hydrogens is 363 g/mol. The molecule has 0 bridgehead atoms. The van der Waals surface area contributed by atoms with Gasteiger partial charge in [0.25, 0.3) is 5.91 Å². The van der Waals surface area contributed by atoms with Gasteiger partial charge in [0.15, 0.2) is 0 Å². The second-order valence-corrected chi connectivity index (χ2v) is 6.36. The predicted molar refractivity (Wildman–Crippen MR) is 94.2 cm³/mol. The van der Waals surface area contributed by atoms with E-state index in [1.807, 2.05) is 0 Å². The normalized spacial score (nSPS) is 16.6. The molecule has 6 nitrogen and oxygen atoms in total. The number of rotatable bonds is 6. The fourth-order valence-corrected chi connectivity index (χ4v) is 3.15. The van der Waals surface area contributed by atoms with E-state index in [9.17, 15) is 22.8 Å². The second-order valence-electron chi connectivity index (χ2n) is 6.36. The van der Waals surface area contributed by atoms with Crippen LogP contribution in [0.25, 0.3) is 0 Å². The van der Waals surface area contributed by atoms with E-state index in [4.69, 9.17) is 4.74 Å². The van der Waals surface area contributed by atoms with E-state index in [1.54, 1.807) is 6.92 Å². The fourth-order valence-electron chi connectivity index (χ4n) is 3.15. The molecule has 2 amide bonds. The van der Waals surface area contributed by atoms with Crippen molar-refractivity contribution in [2.24, 2.45) is 0 Å². The molecule has 0 atom stereocenters. The summed E-state index contributed by atoms with van der Waals surface area (Å²) in [5.41, 5.74) is -2.27. The van der Waals surface area contributed by atoms with Crippen molar-refractivity contribution in [3.8, 4) is 0 Å². The first-order valence-corrected chi connectivity index (χ1v) is 8.75. The monoisotopic (exact) mass is 387 g/mol. The van der Waals surface area contributed by atoms with Gasteiger partial charge in [0.2, 0.25) is 5.91 Å². The number of halogens is 3. The molecule has 1 aliphatic heterocycles. The van der Waals surface area contributed by atoms with E-state index in [2.05, 4.69) is 10.6 Å². The van der Waals surface area contributed by atoms with Gasteiger partial charge in [-0.2, -0.15) is 13.2 Å². The van der Waals surface area contributed by atoms with Crippen LogP contribution in [0.4, 0.5) is 18.9 Å². The topological polar surface area (TPSA) is 70.7 Å². The molecule has 27 heavy (non-hydrogen) atoms. The molecule has 0 spiro atoms. The maximum Gasteiger partial charge on any atom is 0.418 e. The summed E-state index contributed by atoms with van der Waals surface area (Å²) in [6.45, 7) is 2.83. The van der Waals surface area contributed by atoms with Gasteiger partial charge in [0.05, 0.1) is 17.8 Å². The Hall–Kier alpha value is -2.13. The number of hydrogen-bond donors (Lipinski definition) is 2. The van der Waals surface area contributed by atoms with E-state index < -0.39 is 23.2 Å². The Morgan fingerprint density at radius 3 is 2.44 bits per heavy atom. The van der Waals surface area contributed by atoms with Gasteiger partial charge in [-0.05, 0) is 45.0 Å². The zero-order valence-electron chi connectivity index (χ0n) is 15.4. The first kappa shape index (κ1) is 21.2. The number of hydrogen-bond acceptors (Lipinski definition) is 4. The van der Waals surface area contributed by atoms with Crippen LogP contribution >= 0.6 is 0 Å². The van der Waals surface area contributed by atoms with E-state index in [0.717, 1.165) is 6.07 Å². The van der Waals surface area contributed by atoms with Crippen LogP contribution < -0.4 is 10.6 Å². The largest absolute Gasteiger partial charge is 0.418 e. The Kier molecular flexibility index (Phi) is 6.83. The van der Waals surface area contributed by atoms with Crippen molar-refractivity contribution in [1.82, 2.24) is 10.2 Å². The zero-order chi connectivity index (χ0) is 20.1. The minimum absolute atomic E-state index is 0.242. The third-order valence-corrected chi connectivity index (χ3v) is 4.70. The van der Waals surface area contributed by atoms with Gasteiger partial charge >= 0.3 is 6.18 Å². The van der Waals surface area contributed by atoms with E-state index in [-0.39, 0.29) is 24.7 Å². The number of carbonyl (C=O) groups excluding carboxylic acids is 2. The van der Waals surface area contributed by atoms with Crippen LogP contribution in [-0.2, 0) is 20.5 Å². The number of anilines is 1. The highest BCUT2D eigenvalue weighted by molar-refractivity contribution is 5.96. The van der Waals surface area contributed by atoms with Crippen LogP contribution in [0, 0.1) is 0 Å². The quantitative estimate of drug-likeness (QED) is 0.786. The van der Waals surface area contributed by atoms with Crippen molar-refractivity contribution in [1.29, 1.82) is 0 Å². The molecule has 9 heteroatoms. The molecule has 0 aliphatic carbocycles. The third-order valence-electron chi connectivity index (χ3n) is 4.70. The van der Waals surface area contributed by atoms with Gasteiger partial charge in [-0.15, -0.1) is 0 Å². The molecule has 1 fully saturated rings. The minimum Gasteiger partial charge on any atom is -0.368 e. The van der Waals surface area contributed by atoms with Gasteiger partial charge in [0, 0.05) is 13.7 Å². The number of amides is 2. The molecular formula is C18H24F3N3O3. The average molecular weight is 387 g/mol. The zero-order valence-corrected chi connectivity index (χ0v) is 15.4. The summed E-state index contributed by atoms with van der Waals surface area (Å²) in [5, 5.41) is 5.41. The number of ether oxygens (including phenoxy) is 1. The Labute approximate surface area is 156 Å². The van der Waals surface area contributed by atoms with Gasteiger partial charge < -0.3 is 20.3 Å². The molecule has 150 valence electrons. The predicted octanol–water partition coefficient (Wildman–Crippen LogP) is 2.26. The van der Waals surface area contributed by atoms with Crippen LogP contribution in [0.3, 0.4) is 0 Å². The molecule has 0 saturated carbocycles. The Bertz CT molecular complexity index is 673. The highest BCUT2D eigenvalue weighted by Gasteiger charge is 2.42. The average Bonchev–Trinajstić information content (AvgIpc) is 2.65. The van der Waals surface area contributed by atoms with Crippen molar-refractivity contribution in [2.75, 3.05) is 38.6 Å².